The van der Waals surface area contributed by atoms with Crippen molar-refractivity contribution in [2.75, 3.05) is 27.9 Å². The Hall–Kier alpha value is -1.33. The molecule has 3 aromatic rings. The summed E-state index contributed by atoms with van der Waals surface area (Å²) in [5, 5.41) is 21.4. The molecule has 0 aliphatic rings. The van der Waals surface area contributed by atoms with Gasteiger partial charge < -0.3 is 11.1 Å². The maximum Gasteiger partial charge on any atom is 0.236 e. The van der Waals surface area contributed by atoms with Crippen LogP contribution < -0.4 is 16.4 Å². The number of thioether (sulfide) groups is 2. The van der Waals surface area contributed by atoms with E-state index in [1.165, 1.54) is 46.2 Å². The van der Waals surface area contributed by atoms with Crippen LogP contribution in [0.3, 0.4) is 0 Å². The van der Waals surface area contributed by atoms with E-state index in [9.17, 15) is 9.59 Å². The lowest BCUT2D eigenvalue weighted by molar-refractivity contribution is -0.114. The Bertz CT molecular complexity index is 1030. The van der Waals surface area contributed by atoms with E-state index in [0.29, 0.717) is 29.2 Å². The SMILES string of the molecule is Nc1nnc(SCC(=O)Nc2nnc(SCC(=O)Nc3ncc(Br)cc3Br)s2)s1. The standard InChI is InChI=1S/C13H10Br2N8O2S4/c14-5-1-6(15)9(17-2-5)18-7(24)3-27-13-23-21-11(29-13)19-8(25)4-26-12-22-20-10(16)28-12/h1-2H,3-4H2,(H2,16,20)(H,17,18,24)(H,19,21,25). The number of hydrogen-bond donors (Lipinski definition) is 3. The van der Waals surface area contributed by atoms with Gasteiger partial charge in [0.1, 0.15) is 5.82 Å². The van der Waals surface area contributed by atoms with Crippen LogP contribution in [0.5, 0.6) is 0 Å². The van der Waals surface area contributed by atoms with E-state index in [1.54, 1.807) is 12.3 Å². The van der Waals surface area contributed by atoms with Crippen LogP contribution in [0.2, 0.25) is 0 Å². The monoisotopic (exact) mass is 596 g/mol. The van der Waals surface area contributed by atoms with Gasteiger partial charge in [-0.3, -0.25) is 14.9 Å². The van der Waals surface area contributed by atoms with Gasteiger partial charge in [-0.1, -0.05) is 46.2 Å². The highest BCUT2D eigenvalue weighted by molar-refractivity contribution is 9.11. The molecule has 0 radical (unpaired) electrons. The van der Waals surface area contributed by atoms with Crippen LogP contribution in [0.1, 0.15) is 0 Å². The maximum atomic E-state index is 12.1. The number of carbonyl (C=O) groups excluding carboxylic acids is 2. The van der Waals surface area contributed by atoms with Crippen molar-refractivity contribution in [1.82, 2.24) is 25.4 Å². The summed E-state index contributed by atoms with van der Waals surface area (Å²) < 4.78 is 2.64. The molecule has 0 saturated heterocycles. The highest BCUT2D eigenvalue weighted by atomic mass is 79.9. The number of nitrogens with two attached hydrogens (primary N) is 1. The fourth-order valence-electron chi connectivity index (χ4n) is 1.68. The zero-order valence-electron chi connectivity index (χ0n) is 14.1. The van der Waals surface area contributed by atoms with Crippen LogP contribution in [0.25, 0.3) is 0 Å². The molecule has 152 valence electrons. The number of nitrogens with one attached hydrogen (secondary N) is 2. The van der Waals surface area contributed by atoms with E-state index in [4.69, 9.17) is 5.73 Å². The van der Waals surface area contributed by atoms with Gasteiger partial charge in [-0.2, -0.15) is 0 Å². The Kier molecular flexibility index (Phi) is 8.19. The van der Waals surface area contributed by atoms with Crippen molar-refractivity contribution >= 4 is 106 Å². The van der Waals surface area contributed by atoms with Crippen LogP contribution in [0, 0.1) is 0 Å². The molecule has 0 spiro atoms. The molecule has 3 aromatic heterocycles. The Morgan fingerprint density at radius 2 is 1.66 bits per heavy atom. The average Bonchev–Trinajstić information content (AvgIpc) is 3.29. The lowest BCUT2D eigenvalue weighted by Crippen LogP contribution is -2.15. The summed E-state index contributed by atoms with van der Waals surface area (Å²) in [4.78, 5) is 28.2. The first-order valence-electron chi connectivity index (χ1n) is 7.48. The fourth-order valence-corrected chi connectivity index (χ4v) is 5.77. The van der Waals surface area contributed by atoms with Crippen molar-refractivity contribution < 1.29 is 9.59 Å². The number of aromatic nitrogens is 5. The number of hydrogen-bond acceptors (Lipinski definition) is 12. The number of nitrogen functional groups attached to an aromatic ring is 1. The van der Waals surface area contributed by atoms with E-state index < -0.39 is 0 Å². The third-order valence-corrected chi connectivity index (χ3v) is 7.69. The predicted octanol–water partition coefficient (Wildman–Crippen LogP) is 3.35. The van der Waals surface area contributed by atoms with E-state index in [1.807, 2.05) is 0 Å². The topological polar surface area (TPSA) is 149 Å². The van der Waals surface area contributed by atoms with Gasteiger partial charge in [0.05, 0.1) is 16.0 Å². The van der Waals surface area contributed by atoms with E-state index >= 15 is 0 Å². The second-order valence-corrected chi connectivity index (χ2v) is 11.1. The second-order valence-electron chi connectivity index (χ2n) is 4.94. The van der Waals surface area contributed by atoms with Crippen molar-refractivity contribution in [1.29, 1.82) is 0 Å². The molecule has 0 bridgehead atoms. The van der Waals surface area contributed by atoms with Gasteiger partial charge in [0.2, 0.25) is 22.1 Å². The highest BCUT2D eigenvalue weighted by Crippen LogP contribution is 2.28. The summed E-state index contributed by atoms with van der Waals surface area (Å²) in [6.07, 6.45) is 1.59. The minimum atomic E-state index is -0.250. The molecular formula is C13H10Br2N8O2S4. The molecule has 0 unspecified atom stereocenters. The molecule has 4 N–H and O–H groups in total. The zero-order valence-corrected chi connectivity index (χ0v) is 20.5. The van der Waals surface area contributed by atoms with Gasteiger partial charge in [-0.05, 0) is 37.9 Å². The van der Waals surface area contributed by atoms with Crippen molar-refractivity contribution in [3.63, 3.8) is 0 Å². The molecule has 3 rings (SSSR count). The van der Waals surface area contributed by atoms with Gasteiger partial charge in [0.15, 0.2) is 8.68 Å². The van der Waals surface area contributed by atoms with Crippen molar-refractivity contribution in [3.8, 4) is 0 Å². The van der Waals surface area contributed by atoms with Crippen molar-refractivity contribution in [2.45, 2.75) is 8.68 Å². The average molecular weight is 598 g/mol. The highest BCUT2D eigenvalue weighted by Gasteiger charge is 2.13. The number of rotatable bonds is 8. The van der Waals surface area contributed by atoms with E-state index in [0.717, 1.165) is 4.47 Å². The molecule has 29 heavy (non-hydrogen) atoms. The molecule has 0 aromatic carbocycles. The summed E-state index contributed by atoms with van der Waals surface area (Å²) in [6.45, 7) is 0. The first-order valence-corrected chi connectivity index (χ1v) is 12.7. The lowest BCUT2D eigenvalue weighted by atomic mass is 10.4. The second kappa shape index (κ2) is 10.6. The summed E-state index contributed by atoms with van der Waals surface area (Å²) in [5.41, 5.74) is 5.49. The number of amides is 2. The van der Waals surface area contributed by atoms with Crippen LogP contribution >= 0.6 is 78.1 Å². The van der Waals surface area contributed by atoms with Crippen molar-refractivity contribution in [2.24, 2.45) is 0 Å². The minimum Gasteiger partial charge on any atom is -0.374 e. The van der Waals surface area contributed by atoms with Gasteiger partial charge in [-0.15, -0.1) is 20.4 Å². The number of halogens is 2. The minimum absolute atomic E-state index is 0.126. The third kappa shape index (κ3) is 7.14. The largest absolute Gasteiger partial charge is 0.374 e. The smallest absolute Gasteiger partial charge is 0.236 e. The summed E-state index contributed by atoms with van der Waals surface area (Å²) in [5.74, 6) is 0.216. The molecule has 3 heterocycles. The molecule has 0 saturated carbocycles. The Morgan fingerprint density at radius 3 is 2.31 bits per heavy atom. The molecule has 0 fully saturated rings. The third-order valence-electron chi connectivity index (χ3n) is 2.79. The number of carbonyl (C=O) groups is 2. The van der Waals surface area contributed by atoms with E-state index in [2.05, 4.69) is 67.9 Å². The first kappa shape index (κ1) is 22.4. The molecule has 10 nitrogen and oxygen atoms in total. The Balaban J connectivity index is 1.43. The van der Waals surface area contributed by atoms with Gasteiger partial charge in [0, 0.05) is 10.7 Å². The van der Waals surface area contributed by atoms with Crippen LogP contribution in [-0.2, 0) is 9.59 Å². The summed E-state index contributed by atoms with van der Waals surface area (Å²) >= 11 is 11.5. The molecule has 0 atom stereocenters. The van der Waals surface area contributed by atoms with Crippen LogP contribution in [-0.4, -0.2) is 48.7 Å². The maximum absolute atomic E-state index is 12.1. The van der Waals surface area contributed by atoms with Gasteiger partial charge in [0.25, 0.3) is 0 Å². The molecular weight excluding hydrogens is 588 g/mol. The summed E-state index contributed by atoms with van der Waals surface area (Å²) in [7, 11) is 0. The zero-order chi connectivity index (χ0) is 20.8. The Morgan fingerprint density at radius 1 is 1.00 bits per heavy atom. The molecule has 16 heteroatoms. The number of pyridine rings is 1. The fraction of sp³-hybridized carbons (Fsp3) is 0.154. The number of anilines is 3. The summed E-state index contributed by atoms with van der Waals surface area (Å²) in [6, 6.07) is 1.79. The van der Waals surface area contributed by atoms with Gasteiger partial charge >= 0.3 is 0 Å². The number of nitrogens with zero attached hydrogens (tertiary/aromatic N) is 5. The quantitative estimate of drug-likeness (QED) is 0.260. The van der Waals surface area contributed by atoms with Gasteiger partial charge in [-0.25, -0.2) is 4.98 Å². The molecule has 2 amide bonds. The van der Waals surface area contributed by atoms with Crippen LogP contribution in [0.4, 0.5) is 16.1 Å². The van der Waals surface area contributed by atoms with E-state index in [-0.39, 0.29) is 23.3 Å². The normalized spacial score (nSPS) is 10.7. The lowest BCUT2D eigenvalue weighted by Gasteiger charge is -2.05. The Labute approximate surface area is 197 Å². The predicted molar refractivity (Wildman–Crippen MR) is 123 cm³/mol. The van der Waals surface area contributed by atoms with Crippen molar-refractivity contribution in [3.05, 3.63) is 21.2 Å². The molecule has 0 aliphatic heterocycles. The molecule has 0 aliphatic carbocycles. The van der Waals surface area contributed by atoms with Crippen LogP contribution in [0.15, 0.2) is 29.9 Å². The first-order chi connectivity index (χ1) is 13.9.